The van der Waals surface area contributed by atoms with E-state index in [1.54, 1.807) is 19.1 Å². The quantitative estimate of drug-likeness (QED) is 0.849. The molecule has 0 radical (unpaired) electrons. The van der Waals surface area contributed by atoms with E-state index in [9.17, 15) is 12.8 Å². The Morgan fingerprint density at radius 1 is 1.27 bits per heavy atom. The van der Waals surface area contributed by atoms with Crippen LogP contribution < -0.4 is 4.72 Å². The largest absolute Gasteiger partial charge is 0.441 e. The first kappa shape index (κ1) is 16.6. The Kier molecular flexibility index (Phi) is 5.31. The van der Waals surface area contributed by atoms with Crippen molar-refractivity contribution in [3.05, 3.63) is 41.5 Å². The van der Waals surface area contributed by atoms with Crippen molar-refractivity contribution in [3.8, 4) is 11.5 Å². The van der Waals surface area contributed by atoms with Crippen LogP contribution in [-0.2, 0) is 16.4 Å². The molecular formula is C15H19FN2O3S. The number of benzene rings is 1. The maximum absolute atomic E-state index is 12.9. The average molecular weight is 326 g/mol. The third-order valence-corrected chi connectivity index (χ3v) is 4.73. The predicted molar refractivity (Wildman–Crippen MR) is 82.4 cm³/mol. The third-order valence-electron chi connectivity index (χ3n) is 3.14. The molecule has 0 aliphatic heterocycles. The zero-order chi connectivity index (χ0) is 16.2. The maximum atomic E-state index is 12.9. The Bertz CT molecular complexity index is 724. The fourth-order valence-corrected chi connectivity index (χ4v) is 3.14. The van der Waals surface area contributed by atoms with Crippen LogP contribution in [-0.4, -0.2) is 25.7 Å². The summed E-state index contributed by atoms with van der Waals surface area (Å²) in [6.07, 6.45) is 1.02. The SMILES string of the molecule is CCCS(=O)(=O)NCCc1nc(-c2ccc(F)cc2)oc1C. The molecule has 0 amide bonds. The molecule has 0 spiro atoms. The molecule has 0 saturated carbocycles. The molecule has 0 unspecified atom stereocenters. The number of halogens is 1. The van der Waals surface area contributed by atoms with E-state index < -0.39 is 10.0 Å². The van der Waals surface area contributed by atoms with Gasteiger partial charge < -0.3 is 4.42 Å². The molecule has 22 heavy (non-hydrogen) atoms. The molecule has 1 aromatic heterocycles. The Balaban J connectivity index is 2.03. The van der Waals surface area contributed by atoms with Crippen LogP contribution in [0.1, 0.15) is 24.8 Å². The first-order valence-electron chi connectivity index (χ1n) is 7.11. The van der Waals surface area contributed by atoms with Crippen molar-refractivity contribution in [2.24, 2.45) is 0 Å². The summed E-state index contributed by atoms with van der Waals surface area (Å²) in [7, 11) is -3.21. The van der Waals surface area contributed by atoms with Gasteiger partial charge in [-0.2, -0.15) is 0 Å². The van der Waals surface area contributed by atoms with Gasteiger partial charge in [0.2, 0.25) is 15.9 Å². The van der Waals surface area contributed by atoms with Gasteiger partial charge in [0.25, 0.3) is 0 Å². The summed E-state index contributed by atoms with van der Waals surface area (Å²) in [5.74, 6) is 0.835. The molecule has 0 fully saturated rings. The lowest BCUT2D eigenvalue weighted by atomic mass is 10.2. The van der Waals surface area contributed by atoms with Gasteiger partial charge in [-0.25, -0.2) is 22.5 Å². The highest BCUT2D eigenvalue weighted by Gasteiger charge is 2.13. The number of sulfonamides is 1. The van der Waals surface area contributed by atoms with Gasteiger partial charge in [-0.15, -0.1) is 0 Å². The number of hydrogen-bond donors (Lipinski definition) is 1. The fourth-order valence-electron chi connectivity index (χ4n) is 2.04. The van der Waals surface area contributed by atoms with Crippen LogP contribution in [0.4, 0.5) is 4.39 Å². The van der Waals surface area contributed by atoms with E-state index in [4.69, 9.17) is 4.42 Å². The summed E-state index contributed by atoms with van der Waals surface area (Å²) < 4.78 is 44.2. The summed E-state index contributed by atoms with van der Waals surface area (Å²) in [5.41, 5.74) is 1.38. The van der Waals surface area contributed by atoms with Gasteiger partial charge in [0.05, 0.1) is 11.4 Å². The van der Waals surface area contributed by atoms with Crippen LogP contribution in [0, 0.1) is 12.7 Å². The topological polar surface area (TPSA) is 72.2 Å². The molecule has 0 aliphatic carbocycles. The van der Waals surface area contributed by atoms with E-state index in [1.807, 2.05) is 6.92 Å². The minimum absolute atomic E-state index is 0.117. The lowest BCUT2D eigenvalue weighted by Gasteiger charge is -2.03. The van der Waals surface area contributed by atoms with E-state index in [0.29, 0.717) is 35.7 Å². The molecule has 120 valence electrons. The van der Waals surface area contributed by atoms with Gasteiger partial charge >= 0.3 is 0 Å². The van der Waals surface area contributed by atoms with Gasteiger partial charge in [0.15, 0.2) is 0 Å². The smallest absolute Gasteiger partial charge is 0.226 e. The van der Waals surface area contributed by atoms with Crippen molar-refractivity contribution in [2.75, 3.05) is 12.3 Å². The molecule has 0 aliphatic rings. The van der Waals surface area contributed by atoms with Crippen molar-refractivity contribution in [1.29, 1.82) is 0 Å². The van der Waals surface area contributed by atoms with Gasteiger partial charge in [0.1, 0.15) is 11.6 Å². The normalized spacial score (nSPS) is 11.8. The fraction of sp³-hybridized carbons (Fsp3) is 0.400. The average Bonchev–Trinajstić information content (AvgIpc) is 2.81. The minimum Gasteiger partial charge on any atom is -0.441 e. The maximum Gasteiger partial charge on any atom is 0.226 e. The molecular weight excluding hydrogens is 307 g/mol. The van der Waals surface area contributed by atoms with E-state index >= 15 is 0 Å². The van der Waals surface area contributed by atoms with Crippen LogP contribution in [0.25, 0.3) is 11.5 Å². The minimum atomic E-state index is -3.21. The van der Waals surface area contributed by atoms with Crippen LogP contribution in [0.3, 0.4) is 0 Å². The Hall–Kier alpha value is -1.73. The second-order valence-electron chi connectivity index (χ2n) is 4.99. The molecule has 2 rings (SSSR count). The molecule has 0 bridgehead atoms. The number of nitrogens with zero attached hydrogens (tertiary/aromatic N) is 1. The zero-order valence-corrected chi connectivity index (χ0v) is 13.4. The number of oxazole rings is 1. The molecule has 1 aromatic carbocycles. The zero-order valence-electron chi connectivity index (χ0n) is 12.6. The predicted octanol–water partition coefficient (Wildman–Crippen LogP) is 2.66. The second kappa shape index (κ2) is 7.02. The molecule has 2 aromatic rings. The summed E-state index contributed by atoms with van der Waals surface area (Å²) >= 11 is 0. The third kappa shape index (κ3) is 4.38. The summed E-state index contributed by atoms with van der Waals surface area (Å²) in [4.78, 5) is 4.35. The van der Waals surface area contributed by atoms with Gasteiger partial charge in [-0.05, 0) is 37.6 Å². The lowest BCUT2D eigenvalue weighted by molar-refractivity contribution is 0.538. The molecule has 1 N–H and O–H groups in total. The number of nitrogens with one attached hydrogen (secondary N) is 1. The van der Waals surface area contributed by atoms with E-state index in [-0.39, 0.29) is 18.1 Å². The van der Waals surface area contributed by atoms with Gasteiger partial charge in [0, 0.05) is 18.5 Å². The molecule has 7 heteroatoms. The first-order valence-corrected chi connectivity index (χ1v) is 8.76. The summed E-state index contributed by atoms with van der Waals surface area (Å²) in [6, 6.07) is 5.86. The highest BCUT2D eigenvalue weighted by Crippen LogP contribution is 2.22. The van der Waals surface area contributed by atoms with E-state index in [0.717, 1.165) is 0 Å². The Morgan fingerprint density at radius 3 is 2.59 bits per heavy atom. The number of rotatable bonds is 7. The standard InChI is InChI=1S/C15H19FN2O3S/c1-3-10-22(19,20)17-9-8-14-11(2)21-15(18-14)12-4-6-13(16)7-5-12/h4-7,17H,3,8-10H2,1-2H3. The van der Waals surface area contributed by atoms with Gasteiger partial charge in [-0.1, -0.05) is 6.92 Å². The van der Waals surface area contributed by atoms with Crippen molar-refractivity contribution in [3.63, 3.8) is 0 Å². The molecule has 0 atom stereocenters. The molecule has 5 nitrogen and oxygen atoms in total. The van der Waals surface area contributed by atoms with Crippen molar-refractivity contribution >= 4 is 10.0 Å². The van der Waals surface area contributed by atoms with Crippen molar-refractivity contribution in [2.45, 2.75) is 26.7 Å². The number of aromatic nitrogens is 1. The lowest BCUT2D eigenvalue weighted by Crippen LogP contribution is -2.28. The summed E-state index contributed by atoms with van der Waals surface area (Å²) in [6.45, 7) is 3.87. The van der Waals surface area contributed by atoms with Crippen LogP contribution in [0.5, 0.6) is 0 Å². The molecule has 1 heterocycles. The van der Waals surface area contributed by atoms with E-state index in [2.05, 4.69) is 9.71 Å². The van der Waals surface area contributed by atoms with Crippen LogP contribution in [0.15, 0.2) is 28.7 Å². The highest BCUT2D eigenvalue weighted by molar-refractivity contribution is 7.89. The van der Waals surface area contributed by atoms with Crippen LogP contribution >= 0.6 is 0 Å². The van der Waals surface area contributed by atoms with Gasteiger partial charge in [-0.3, -0.25) is 0 Å². The van der Waals surface area contributed by atoms with Crippen LogP contribution in [0.2, 0.25) is 0 Å². The highest BCUT2D eigenvalue weighted by atomic mass is 32.2. The summed E-state index contributed by atoms with van der Waals surface area (Å²) in [5, 5.41) is 0. The monoisotopic (exact) mass is 326 g/mol. The van der Waals surface area contributed by atoms with Crippen molar-refractivity contribution in [1.82, 2.24) is 9.71 Å². The number of hydrogen-bond acceptors (Lipinski definition) is 4. The second-order valence-corrected chi connectivity index (χ2v) is 6.92. The van der Waals surface area contributed by atoms with Crippen molar-refractivity contribution < 1.29 is 17.2 Å². The Labute approximate surface area is 129 Å². The molecule has 0 saturated heterocycles. The first-order chi connectivity index (χ1) is 10.4. The number of aryl methyl sites for hydroxylation is 1. The Morgan fingerprint density at radius 2 is 1.95 bits per heavy atom. The van der Waals surface area contributed by atoms with E-state index in [1.165, 1.54) is 12.1 Å².